The van der Waals surface area contributed by atoms with Gasteiger partial charge in [0.05, 0.1) is 11.6 Å². The number of aromatic nitrogens is 2. The number of carbonyl (C=O) groups is 4. The average Bonchev–Trinajstić information content (AvgIpc) is 3.31. The molecular weight excluding hydrogens is 492 g/mol. The third-order valence-corrected chi connectivity index (χ3v) is 9.61. The first-order chi connectivity index (χ1) is 18.5. The molecule has 5 rings (SSSR count). The van der Waals surface area contributed by atoms with Crippen molar-refractivity contribution in [3.8, 4) is 0 Å². The van der Waals surface area contributed by atoms with Crippen LogP contribution >= 0.6 is 0 Å². The Labute approximate surface area is 230 Å². The second kappa shape index (κ2) is 10.2. The third kappa shape index (κ3) is 4.91. The summed E-state index contributed by atoms with van der Waals surface area (Å²) in [5.41, 5.74) is 2.62. The molecule has 3 atom stereocenters. The molecule has 2 fully saturated rings. The maximum atomic E-state index is 14.0. The molecule has 1 saturated heterocycles. The van der Waals surface area contributed by atoms with Crippen LogP contribution in [0.5, 0.6) is 0 Å². The number of benzene rings is 1. The highest BCUT2D eigenvalue weighted by Gasteiger charge is 2.66. The minimum absolute atomic E-state index is 0.0122. The number of carbonyl (C=O) groups excluding carboxylic acids is 4. The number of amides is 1. The van der Waals surface area contributed by atoms with Gasteiger partial charge in [0.1, 0.15) is 18.0 Å². The summed E-state index contributed by atoms with van der Waals surface area (Å²) in [7, 11) is 1.85. The summed E-state index contributed by atoms with van der Waals surface area (Å²) in [6.07, 6.45) is 7.62. The van der Waals surface area contributed by atoms with Crippen molar-refractivity contribution in [2.24, 2.45) is 10.8 Å². The van der Waals surface area contributed by atoms with E-state index in [-0.39, 0.29) is 46.7 Å². The zero-order chi connectivity index (χ0) is 28.1. The minimum atomic E-state index is -0.451. The van der Waals surface area contributed by atoms with E-state index in [2.05, 4.69) is 30.3 Å². The predicted octanol–water partition coefficient (Wildman–Crippen LogP) is 5.11. The number of rotatable bonds is 4. The van der Waals surface area contributed by atoms with E-state index >= 15 is 0 Å². The lowest BCUT2D eigenvalue weighted by Gasteiger charge is -2.26. The van der Waals surface area contributed by atoms with E-state index in [9.17, 15) is 19.2 Å². The van der Waals surface area contributed by atoms with Crippen molar-refractivity contribution in [1.29, 1.82) is 0 Å². The Bertz CT molecular complexity index is 1340. The highest BCUT2D eigenvalue weighted by molar-refractivity contribution is 6.06. The molecule has 1 aromatic carbocycles. The topological polar surface area (TPSA) is 101 Å². The molecule has 2 aliphatic heterocycles. The average molecular weight is 535 g/mol. The lowest BCUT2D eigenvalue weighted by atomic mass is 9.79. The van der Waals surface area contributed by atoms with Gasteiger partial charge in [0.15, 0.2) is 11.6 Å². The summed E-state index contributed by atoms with van der Waals surface area (Å²) in [5.74, 6) is 0.0894. The molecule has 210 valence electrons. The first-order valence-corrected chi connectivity index (χ1v) is 14.6. The number of nitrogens with zero attached hydrogens (tertiary/aromatic N) is 3. The number of hydrogen-bond acceptors (Lipinski definition) is 6. The fourth-order valence-corrected chi connectivity index (χ4v) is 7.09. The Morgan fingerprint density at radius 3 is 2.54 bits per heavy atom. The number of Topliss-reactive ketones (excluding diaryl/α,β-unsaturated/α-hetero) is 3. The van der Waals surface area contributed by atoms with Gasteiger partial charge in [-0.15, -0.1) is 0 Å². The van der Waals surface area contributed by atoms with E-state index in [1.165, 1.54) is 6.92 Å². The molecule has 0 radical (unpaired) electrons. The van der Waals surface area contributed by atoms with E-state index in [0.717, 1.165) is 67.1 Å². The molecule has 1 aliphatic carbocycles. The number of hydrogen-bond donors (Lipinski definition) is 1. The van der Waals surface area contributed by atoms with E-state index in [4.69, 9.17) is 0 Å². The molecule has 1 aromatic heterocycles. The van der Waals surface area contributed by atoms with Gasteiger partial charge in [0.2, 0.25) is 5.91 Å². The molecule has 8 heteroatoms. The summed E-state index contributed by atoms with van der Waals surface area (Å²) in [4.78, 5) is 54.6. The van der Waals surface area contributed by atoms with Crippen LogP contribution in [0.4, 0.5) is 5.69 Å². The van der Waals surface area contributed by atoms with E-state index < -0.39 is 6.04 Å². The highest BCUT2D eigenvalue weighted by atomic mass is 16.2. The normalized spacial score (nSPS) is 27.3. The zero-order valence-corrected chi connectivity index (χ0v) is 24.1. The van der Waals surface area contributed by atoms with Gasteiger partial charge < -0.3 is 10.2 Å². The van der Waals surface area contributed by atoms with Crippen molar-refractivity contribution in [2.45, 2.75) is 111 Å². The van der Waals surface area contributed by atoms with Crippen LogP contribution in [0.25, 0.3) is 10.9 Å². The summed E-state index contributed by atoms with van der Waals surface area (Å²) in [6, 6.07) is 3.56. The summed E-state index contributed by atoms with van der Waals surface area (Å²) >= 11 is 0. The van der Waals surface area contributed by atoms with Crippen LogP contribution in [0, 0.1) is 10.8 Å². The minimum Gasteiger partial charge on any atom is -0.388 e. The standard InChI is InChI=1S/C31H42N4O4/c1-6-24(37)23-16-31-13-11-26(38)30(3,4)12-9-7-8-10-20-14-21(32-5)15-22-28(19(2)36)33-34(29(20)22)18-27(39)35(23)25(31)17-31/h14-15,23,25,32H,6-13,16-18H2,1-5H3/t23-,25+,31-/m0/s1. The van der Waals surface area contributed by atoms with Crippen LogP contribution < -0.4 is 5.32 Å². The van der Waals surface area contributed by atoms with Gasteiger partial charge in [-0.25, -0.2) is 0 Å². The molecule has 2 aromatic rings. The smallest absolute Gasteiger partial charge is 0.245 e. The second-order valence-corrected chi connectivity index (χ2v) is 12.6. The maximum absolute atomic E-state index is 14.0. The molecule has 3 aliphatic rings. The van der Waals surface area contributed by atoms with Crippen LogP contribution in [-0.4, -0.2) is 57.1 Å². The number of piperidine rings is 1. The molecule has 39 heavy (non-hydrogen) atoms. The molecule has 0 spiro atoms. The van der Waals surface area contributed by atoms with Crippen LogP contribution in [0.15, 0.2) is 12.1 Å². The van der Waals surface area contributed by atoms with Gasteiger partial charge in [-0.05, 0) is 61.6 Å². The molecular formula is C31H42N4O4. The quantitative estimate of drug-likeness (QED) is 0.547. The van der Waals surface area contributed by atoms with E-state index in [1.807, 2.05) is 24.9 Å². The number of aryl methyl sites for hydroxylation is 1. The number of ketones is 3. The van der Waals surface area contributed by atoms with Crippen molar-refractivity contribution < 1.29 is 19.2 Å². The van der Waals surface area contributed by atoms with Gasteiger partial charge in [-0.3, -0.25) is 23.9 Å². The van der Waals surface area contributed by atoms with Gasteiger partial charge in [-0.1, -0.05) is 33.6 Å². The Hall–Kier alpha value is -3.03. The Morgan fingerprint density at radius 2 is 1.85 bits per heavy atom. The summed E-state index contributed by atoms with van der Waals surface area (Å²) in [6.45, 7) is 7.46. The Morgan fingerprint density at radius 1 is 1.08 bits per heavy atom. The van der Waals surface area contributed by atoms with Crippen molar-refractivity contribution >= 4 is 39.8 Å². The summed E-state index contributed by atoms with van der Waals surface area (Å²) < 4.78 is 1.70. The van der Waals surface area contributed by atoms with Crippen molar-refractivity contribution in [2.75, 3.05) is 12.4 Å². The van der Waals surface area contributed by atoms with Crippen LogP contribution in [0.3, 0.4) is 0 Å². The third-order valence-electron chi connectivity index (χ3n) is 9.61. The SMILES string of the molecule is CCC(=O)[C@@H]1C[C@]23CCC(=O)C(C)(C)CCCCCc4cc(NC)cc5c(C(C)=O)nn(c45)CC(=O)N1[C@@H]2C3. The van der Waals surface area contributed by atoms with Gasteiger partial charge in [0, 0.05) is 49.3 Å². The van der Waals surface area contributed by atoms with Gasteiger partial charge in [0.25, 0.3) is 0 Å². The molecule has 0 unspecified atom stereocenters. The van der Waals surface area contributed by atoms with Gasteiger partial charge in [-0.2, -0.15) is 5.10 Å². The Kier molecular flexibility index (Phi) is 7.18. The largest absolute Gasteiger partial charge is 0.388 e. The summed E-state index contributed by atoms with van der Waals surface area (Å²) in [5, 5.41) is 8.62. The van der Waals surface area contributed by atoms with Crippen LogP contribution in [0.2, 0.25) is 0 Å². The first kappa shape index (κ1) is 27.5. The monoisotopic (exact) mass is 534 g/mol. The number of anilines is 1. The van der Waals surface area contributed by atoms with Crippen LogP contribution in [-0.2, 0) is 27.3 Å². The molecule has 1 amide bonds. The molecule has 1 saturated carbocycles. The lowest BCUT2D eigenvalue weighted by Crippen LogP contribution is -2.44. The molecule has 1 N–H and O–H groups in total. The zero-order valence-electron chi connectivity index (χ0n) is 24.1. The van der Waals surface area contributed by atoms with Gasteiger partial charge >= 0.3 is 0 Å². The predicted molar refractivity (Wildman–Crippen MR) is 151 cm³/mol. The van der Waals surface area contributed by atoms with Crippen LogP contribution in [0.1, 0.15) is 102 Å². The second-order valence-electron chi connectivity index (χ2n) is 12.6. The molecule has 3 heterocycles. The van der Waals surface area contributed by atoms with Crippen molar-refractivity contribution in [3.63, 3.8) is 0 Å². The molecule has 2 bridgehead atoms. The first-order valence-electron chi connectivity index (χ1n) is 14.6. The maximum Gasteiger partial charge on any atom is 0.245 e. The van der Waals surface area contributed by atoms with E-state index in [1.54, 1.807) is 4.68 Å². The Balaban J connectivity index is 1.58. The molecule has 8 nitrogen and oxygen atoms in total. The number of nitrogens with one attached hydrogen (secondary N) is 1. The lowest BCUT2D eigenvalue weighted by molar-refractivity contribution is -0.139. The van der Waals surface area contributed by atoms with Crippen molar-refractivity contribution in [1.82, 2.24) is 14.7 Å². The fourth-order valence-electron chi connectivity index (χ4n) is 7.09. The van der Waals surface area contributed by atoms with Crippen molar-refractivity contribution in [3.05, 3.63) is 23.4 Å². The fraction of sp³-hybridized carbons (Fsp3) is 0.645. The van der Waals surface area contributed by atoms with E-state index in [0.29, 0.717) is 25.0 Å². The highest BCUT2D eigenvalue weighted by Crippen LogP contribution is 2.62.